The third kappa shape index (κ3) is 4.05. The van der Waals surface area contributed by atoms with Crippen LogP contribution in [0.25, 0.3) is 11.0 Å². The molecule has 1 aliphatic heterocycles. The second-order valence-corrected chi connectivity index (χ2v) is 9.55. The second-order valence-electron chi connectivity index (χ2n) is 7.65. The van der Waals surface area contributed by atoms with Crippen molar-refractivity contribution in [2.24, 2.45) is 0 Å². The van der Waals surface area contributed by atoms with Crippen LogP contribution in [0.1, 0.15) is 39.6 Å². The highest BCUT2D eigenvalue weighted by molar-refractivity contribution is 7.89. The molecule has 0 aliphatic carbocycles. The average Bonchev–Trinajstić information content (AvgIpc) is 3.18. The molecule has 0 saturated carbocycles. The molecule has 10 nitrogen and oxygen atoms in total. The van der Waals surface area contributed by atoms with Crippen LogP contribution in [0.3, 0.4) is 0 Å². The number of nitrogens with zero attached hydrogens (tertiary/aromatic N) is 2. The van der Waals surface area contributed by atoms with Crippen LogP contribution in [0.2, 0.25) is 0 Å². The van der Waals surface area contributed by atoms with E-state index in [2.05, 4.69) is 9.72 Å². The van der Waals surface area contributed by atoms with Crippen LogP contribution in [0.5, 0.6) is 0 Å². The van der Waals surface area contributed by atoms with E-state index in [1.54, 1.807) is 4.57 Å². The number of piperidine rings is 1. The zero-order valence-corrected chi connectivity index (χ0v) is 18.9. The van der Waals surface area contributed by atoms with Crippen molar-refractivity contribution >= 4 is 33.0 Å². The summed E-state index contributed by atoms with van der Waals surface area (Å²) in [4.78, 5) is 39.2. The highest BCUT2D eigenvalue weighted by Crippen LogP contribution is 2.30. The van der Waals surface area contributed by atoms with Crippen molar-refractivity contribution in [1.29, 1.82) is 0 Å². The van der Waals surface area contributed by atoms with Crippen LogP contribution in [-0.2, 0) is 19.5 Å². The number of benzene rings is 2. The molecule has 2 aromatic carbocycles. The topological polar surface area (TPSA) is 128 Å². The smallest absolute Gasteiger partial charge is 0.339 e. The largest absolute Gasteiger partial charge is 0.465 e. The van der Waals surface area contributed by atoms with Gasteiger partial charge in [0.05, 0.1) is 41.3 Å². The predicted molar refractivity (Wildman–Crippen MR) is 119 cm³/mol. The summed E-state index contributed by atoms with van der Waals surface area (Å²) in [6.45, 7) is 0.282. The number of aromatic amines is 1. The summed E-state index contributed by atoms with van der Waals surface area (Å²) in [5, 5.41) is 0. The number of sulfonamides is 1. The third-order valence-corrected chi connectivity index (χ3v) is 7.78. The number of carbonyl (C=O) groups excluding carboxylic acids is 2. The summed E-state index contributed by atoms with van der Waals surface area (Å²) in [6, 6.07) is 10.8. The van der Waals surface area contributed by atoms with Gasteiger partial charge in [-0.3, -0.25) is 4.57 Å². The molecule has 1 N–H and O–H groups in total. The Morgan fingerprint density at radius 1 is 1.00 bits per heavy atom. The first-order valence-corrected chi connectivity index (χ1v) is 11.7. The first-order valence-electron chi connectivity index (χ1n) is 10.3. The molecule has 174 valence electrons. The molecule has 33 heavy (non-hydrogen) atoms. The quantitative estimate of drug-likeness (QED) is 0.561. The average molecular weight is 474 g/mol. The number of H-pyrrole nitrogens is 1. The third-order valence-electron chi connectivity index (χ3n) is 5.84. The number of rotatable bonds is 5. The molecule has 0 radical (unpaired) electrons. The normalized spacial score (nSPS) is 15.5. The van der Waals surface area contributed by atoms with Crippen LogP contribution in [0, 0.1) is 0 Å². The molecule has 1 aromatic heterocycles. The Labute approximate surface area is 189 Å². The number of aromatic nitrogens is 2. The highest BCUT2D eigenvalue weighted by Gasteiger charge is 2.34. The summed E-state index contributed by atoms with van der Waals surface area (Å²) in [5.41, 5.74) is 1.09. The van der Waals surface area contributed by atoms with E-state index in [4.69, 9.17) is 4.74 Å². The van der Waals surface area contributed by atoms with E-state index in [0.717, 1.165) is 24.2 Å². The number of nitrogens with one attached hydrogen (secondary N) is 1. The van der Waals surface area contributed by atoms with E-state index in [1.807, 2.05) is 24.3 Å². The number of para-hydroxylation sites is 2. The molecule has 0 bridgehead atoms. The Hall–Kier alpha value is -3.44. The molecular weight excluding hydrogens is 450 g/mol. The molecular formula is C22H23N3O7S. The number of hydrogen-bond acceptors (Lipinski definition) is 7. The van der Waals surface area contributed by atoms with Gasteiger partial charge in [-0.05, 0) is 43.2 Å². The van der Waals surface area contributed by atoms with Gasteiger partial charge in [-0.15, -0.1) is 0 Å². The Bertz CT molecular complexity index is 1380. The summed E-state index contributed by atoms with van der Waals surface area (Å²) in [5.74, 6) is -1.55. The lowest BCUT2D eigenvalue weighted by Crippen LogP contribution is -2.41. The van der Waals surface area contributed by atoms with Gasteiger partial charge < -0.3 is 14.5 Å². The Morgan fingerprint density at radius 3 is 2.33 bits per heavy atom. The van der Waals surface area contributed by atoms with E-state index in [-0.39, 0.29) is 40.8 Å². The number of ether oxygens (including phenoxy) is 2. The SMILES string of the molecule is COC(=O)c1ccc(C(=O)OC)c(S(=O)(=O)N2CCC(n3c(=O)[nH]c4ccccc43)CC2)c1. The van der Waals surface area contributed by atoms with Gasteiger partial charge in [-0.2, -0.15) is 4.31 Å². The van der Waals surface area contributed by atoms with Crippen molar-refractivity contribution in [3.63, 3.8) is 0 Å². The maximum absolute atomic E-state index is 13.5. The molecule has 0 atom stereocenters. The second kappa shape index (κ2) is 8.83. The van der Waals surface area contributed by atoms with Gasteiger partial charge in [0.15, 0.2) is 0 Å². The lowest BCUT2D eigenvalue weighted by molar-refractivity contribution is 0.0583. The number of methoxy groups -OCH3 is 2. The number of esters is 2. The number of carbonyl (C=O) groups is 2. The van der Waals surface area contributed by atoms with Crippen molar-refractivity contribution in [3.8, 4) is 0 Å². The highest BCUT2D eigenvalue weighted by atomic mass is 32.2. The number of hydrogen-bond donors (Lipinski definition) is 1. The Balaban J connectivity index is 1.64. The zero-order valence-electron chi connectivity index (χ0n) is 18.1. The summed E-state index contributed by atoms with van der Waals surface area (Å²) < 4.78 is 39.2. The zero-order chi connectivity index (χ0) is 23.8. The van der Waals surface area contributed by atoms with E-state index in [9.17, 15) is 22.8 Å². The monoisotopic (exact) mass is 473 g/mol. The van der Waals surface area contributed by atoms with E-state index >= 15 is 0 Å². The fourth-order valence-corrected chi connectivity index (χ4v) is 5.85. The molecule has 0 amide bonds. The fraction of sp³-hybridized carbons (Fsp3) is 0.318. The van der Waals surface area contributed by atoms with Crippen LogP contribution < -0.4 is 5.69 Å². The minimum absolute atomic E-state index is 0.00367. The predicted octanol–water partition coefficient (Wildman–Crippen LogP) is 1.93. The molecule has 2 heterocycles. The molecule has 3 aromatic rings. The summed E-state index contributed by atoms with van der Waals surface area (Å²) >= 11 is 0. The first kappa shape index (κ1) is 22.7. The van der Waals surface area contributed by atoms with E-state index in [0.29, 0.717) is 12.8 Å². The van der Waals surface area contributed by atoms with Gasteiger partial charge in [0.1, 0.15) is 0 Å². The Kier molecular flexibility index (Phi) is 6.09. The lowest BCUT2D eigenvalue weighted by Gasteiger charge is -2.32. The summed E-state index contributed by atoms with van der Waals surface area (Å²) in [6.07, 6.45) is 0.816. The molecule has 0 unspecified atom stereocenters. The van der Waals surface area contributed by atoms with E-state index < -0.39 is 22.0 Å². The standard InChI is InChI=1S/C22H23N3O7S/c1-31-20(26)14-7-8-16(21(27)32-2)19(13-14)33(29,30)24-11-9-15(10-12-24)25-18-6-4-3-5-17(18)23-22(25)28/h3-8,13,15H,9-12H2,1-2H3,(H,23,28). The van der Waals surface area contributed by atoms with Crippen LogP contribution in [-0.4, -0.2) is 61.5 Å². The van der Waals surface area contributed by atoms with Crippen LogP contribution in [0.15, 0.2) is 52.2 Å². The van der Waals surface area contributed by atoms with Crippen molar-refractivity contribution in [2.45, 2.75) is 23.8 Å². The van der Waals surface area contributed by atoms with E-state index in [1.165, 1.54) is 23.5 Å². The molecule has 1 fully saturated rings. The minimum Gasteiger partial charge on any atom is -0.465 e. The van der Waals surface area contributed by atoms with Crippen molar-refractivity contribution in [1.82, 2.24) is 13.9 Å². The summed E-state index contributed by atoms with van der Waals surface area (Å²) in [7, 11) is -1.79. The van der Waals surface area contributed by atoms with Crippen LogP contribution >= 0.6 is 0 Å². The van der Waals surface area contributed by atoms with Crippen molar-refractivity contribution in [2.75, 3.05) is 27.3 Å². The van der Waals surface area contributed by atoms with Gasteiger partial charge in [0.2, 0.25) is 10.0 Å². The molecule has 1 aliphatic rings. The lowest BCUT2D eigenvalue weighted by atomic mass is 10.1. The van der Waals surface area contributed by atoms with Crippen molar-refractivity contribution in [3.05, 3.63) is 64.1 Å². The molecule has 11 heteroatoms. The molecule has 1 saturated heterocycles. The first-order chi connectivity index (χ1) is 15.8. The number of imidazole rings is 1. The van der Waals surface area contributed by atoms with Gasteiger partial charge in [-0.25, -0.2) is 22.8 Å². The maximum Gasteiger partial charge on any atom is 0.339 e. The van der Waals surface area contributed by atoms with Crippen LogP contribution in [0.4, 0.5) is 0 Å². The van der Waals surface area contributed by atoms with Gasteiger partial charge >= 0.3 is 17.6 Å². The maximum atomic E-state index is 13.5. The molecule has 0 spiro atoms. The Morgan fingerprint density at radius 2 is 1.67 bits per heavy atom. The molecule has 4 rings (SSSR count). The number of fused-ring (bicyclic) bond motifs is 1. The fourth-order valence-electron chi connectivity index (χ4n) is 4.18. The van der Waals surface area contributed by atoms with Gasteiger partial charge in [0.25, 0.3) is 0 Å². The van der Waals surface area contributed by atoms with Gasteiger partial charge in [-0.1, -0.05) is 12.1 Å². The van der Waals surface area contributed by atoms with Crippen molar-refractivity contribution < 1.29 is 27.5 Å². The minimum atomic E-state index is -4.13. The van der Waals surface area contributed by atoms with Gasteiger partial charge in [0, 0.05) is 19.1 Å².